The number of pyridine rings is 1. The van der Waals surface area contributed by atoms with Crippen LogP contribution in [-0.4, -0.2) is 11.0 Å². The SMILES string of the molecule is CC(C)(C)C1CCC(N)C(c2cnccc2C(F)(F)F)C1. The molecule has 0 radical (unpaired) electrons. The lowest BCUT2D eigenvalue weighted by atomic mass is 9.66. The Hall–Kier alpha value is -1.10. The number of nitrogens with zero attached hydrogens (tertiary/aromatic N) is 1. The van der Waals surface area contributed by atoms with Crippen molar-refractivity contribution in [1.82, 2.24) is 4.98 Å². The summed E-state index contributed by atoms with van der Waals surface area (Å²) in [5.74, 6) is 0.108. The van der Waals surface area contributed by atoms with Gasteiger partial charge in [0.25, 0.3) is 0 Å². The third-order valence-electron chi connectivity index (χ3n) is 4.69. The number of alkyl halides is 3. The molecule has 21 heavy (non-hydrogen) atoms. The topological polar surface area (TPSA) is 38.9 Å². The maximum atomic E-state index is 13.2. The van der Waals surface area contributed by atoms with Crippen LogP contribution in [0.2, 0.25) is 0 Å². The number of nitrogens with two attached hydrogens (primary N) is 1. The molecule has 1 saturated carbocycles. The van der Waals surface area contributed by atoms with E-state index in [-0.39, 0.29) is 22.9 Å². The highest BCUT2D eigenvalue weighted by atomic mass is 19.4. The van der Waals surface area contributed by atoms with E-state index in [1.54, 1.807) is 0 Å². The Bertz CT molecular complexity index is 491. The molecule has 1 aromatic heterocycles. The summed E-state index contributed by atoms with van der Waals surface area (Å²) >= 11 is 0. The van der Waals surface area contributed by atoms with E-state index in [4.69, 9.17) is 5.73 Å². The van der Waals surface area contributed by atoms with Gasteiger partial charge in [-0.2, -0.15) is 13.2 Å². The van der Waals surface area contributed by atoms with Crippen LogP contribution in [0.15, 0.2) is 18.5 Å². The summed E-state index contributed by atoms with van der Waals surface area (Å²) in [7, 11) is 0. The molecule has 0 spiro atoms. The van der Waals surface area contributed by atoms with Crippen LogP contribution in [0.5, 0.6) is 0 Å². The molecule has 2 rings (SSSR count). The highest BCUT2D eigenvalue weighted by Gasteiger charge is 2.40. The number of aromatic nitrogens is 1. The van der Waals surface area contributed by atoms with E-state index in [0.717, 1.165) is 18.9 Å². The number of hydrogen-bond acceptors (Lipinski definition) is 2. The Morgan fingerprint density at radius 2 is 1.86 bits per heavy atom. The van der Waals surface area contributed by atoms with Crippen molar-refractivity contribution in [1.29, 1.82) is 0 Å². The molecular formula is C16H23F3N2. The van der Waals surface area contributed by atoms with Crippen LogP contribution in [0.3, 0.4) is 0 Å². The summed E-state index contributed by atoms with van der Waals surface area (Å²) in [4.78, 5) is 3.90. The van der Waals surface area contributed by atoms with Gasteiger partial charge in [-0.1, -0.05) is 20.8 Å². The van der Waals surface area contributed by atoms with Gasteiger partial charge in [-0.25, -0.2) is 0 Å². The Kier molecular flexibility index (Phi) is 4.34. The lowest BCUT2D eigenvalue weighted by Crippen LogP contribution is -2.39. The van der Waals surface area contributed by atoms with Crippen LogP contribution in [0.25, 0.3) is 0 Å². The Morgan fingerprint density at radius 1 is 1.19 bits per heavy atom. The zero-order chi connectivity index (χ0) is 15.8. The molecule has 1 fully saturated rings. The highest BCUT2D eigenvalue weighted by molar-refractivity contribution is 5.31. The van der Waals surface area contributed by atoms with Crippen molar-refractivity contribution in [3.8, 4) is 0 Å². The Labute approximate surface area is 123 Å². The zero-order valence-corrected chi connectivity index (χ0v) is 12.7. The lowest BCUT2D eigenvalue weighted by Gasteiger charge is -2.41. The summed E-state index contributed by atoms with van der Waals surface area (Å²) in [6, 6.07) is 0.830. The fourth-order valence-electron chi connectivity index (χ4n) is 3.30. The standard InChI is InChI=1S/C16H23F3N2/c1-15(2,3)10-4-5-14(20)11(8-10)12-9-21-7-6-13(12)16(17,18)19/h6-7,9-11,14H,4-5,8,20H2,1-3H3. The molecule has 1 aliphatic rings. The van der Waals surface area contributed by atoms with Crippen LogP contribution in [0.4, 0.5) is 13.2 Å². The van der Waals surface area contributed by atoms with E-state index in [9.17, 15) is 13.2 Å². The molecule has 0 aliphatic heterocycles. The third kappa shape index (κ3) is 3.57. The summed E-state index contributed by atoms with van der Waals surface area (Å²) in [5, 5.41) is 0. The minimum atomic E-state index is -4.35. The van der Waals surface area contributed by atoms with Crippen molar-refractivity contribution >= 4 is 0 Å². The number of rotatable bonds is 1. The first-order valence-corrected chi connectivity index (χ1v) is 7.37. The highest BCUT2D eigenvalue weighted by Crippen LogP contribution is 2.46. The zero-order valence-electron chi connectivity index (χ0n) is 12.7. The molecule has 5 heteroatoms. The minimum absolute atomic E-state index is 0.0823. The van der Waals surface area contributed by atoms with Gasteiger partial charge in [0.2, 0.25) is 0 Å². The third-order valence-corrected chi connectivity index (χ3v) is 4.69. The predicted octanol–water partition coefficient (Wildman–Crippen LogP) is 4.36. The maximum Gasteiger partial charge on any atom is 0.416 e. The summed E-state index contributed by atoms with van der Waals surface area (Å²) in [5.41, 5.74) is 5.88. The lowest BCUT2D eigenvalue weighted by molar-refractivity contribution is -0.138. The fourth-order valence-corrected chi connectivity index (χ4v) is 3.30. The molecule has 118 valence electrons. The first kappa shape index (κ1) is 16.3. The molecule has 1 aromatic rings. The van der Waals surface area contributed by atoms with Crippen molar-refractivity contribution in [3.05, 3.63) is 29.6 Å². The summed E-state index contributed by atoms with van der Waals surface area (Å²) in [6.07, 6.45) is 0.619. The van der Waals surface area contributed by atoms with Crippen LogP contribution in [-0.2, 0) is 6.18 Å². The van der Waals surface area contributed by atoms with E-state index in [1.165, 1.54) is 12.4 Å². The van der Waals surface area contributed by atoms with Gasteiger partial charge in [-0.3, -0.25) is 4.98 Å². The molecule has 1 heterocycles. The fraction of sp³-hybridized carbons (Fsp3) is 0.688. The summed E-state index contributed by atoms with van der Waals surface area (Å²) < 4.78 is 39.6. The van der Waals surface area contributed by atoms with E-state index in [2.05, 4.69) is 25.8 Å². The van der Waals surface area contributed by atoms with Crippen LogP contribution in [0, 0.1) is 11.3 Å². The smallest absolute Gasteiger partial charge is 0.327 e. The predicted molar refractivity (Wildman–Crippen MR) is 76.8 cm³/mol. The van der Waals surface area contributed by atoms with E-state index in [0.29, 0.717) is 12.3 Å². The molecule has 3 atom stereocenters. The molecule has 3 unspecified atom stereocenters. The second-order valence-electron chi connectivity index (χ2n) is 7.11. The van der Waals surface area contributed by atoms with Crippen LogP contribution < -0.4 is 5.73 Å². The normalized spacial score (nSPS) is 27.7. The summed E-state index contributed by atoms with van der Waals surface area (Å²) in [6.45, 7) is 6.42. The van der Waals surface area contributed by atoms with Gasteiger partial charge in [0.15, 0.2) is 0 Å². The van der Waals surface area contributed by atoms with Gasteiger partial charge < -0.3 is 5.73 Å². The van der Waals surface area contributed by atoms with Gasteiger partial charge >= 0.3 is 6.18 Å². The molecular weight excluding hydrogens is 277 g/mol. The van der Waals surface area contributed by atoms with E-state index < -0.39 is 11.7 Å². The minimum Gasteiger partial charge on any atom is -0.327 e. The molecule has 0 saturated heterocycles. The van der Waals surface area contributed by atoms with Gasteiger partial charge in [-0.15, -0.1) is 0 Å². The second kappa shape index (κ2) is 5.59. The van der Waals surface area contributed by atoms with Gasteiger partial charge in [0.1, 0.15) is 0 Å². The van der Waals surface area contributed by atoms with Gasteiger partial charge in [0.05, 0.1) is 5.56 Å². The van der Waals surface area contributed by atoms with Crippen LogP contribution >= 0.6 is 0 Å². The Balaban J connectivity index is 2.36. The van der Waals surface area contributed by atoms with Crippen molar-refractivity contribution in [2.24, 2.45) is 17.1 Å². The van der Waals surface area contributed by atoms with Crippen molar-refractivity contribution in [2.45, 2.75) is 58.2 Å². The maximum absolute atomic E-state index is 13.2. The molecule has 2 nitrogen and oxygen atoms in total. The number of halogens is 3. The monoisotopic (exact) mass is 300 g/mol. The molecule has 0 bridgehead atoms. The first-order valence-electron chi connectivity index (χ1n) is 7.37. The molecule has 2 N–H and O–H groups in total. The van der Waals surface area contributed by atoms with Crippen LogP contribution in [0.1, 0.15) is 57.1 Å². The average Bonchev–Trinajstić information content (AvgIpc) is 2.37. The molecule has 1 aliphatic carbocycles. The van der Waals surface area contributed by atoms with E-state index >= 15 is 0 Å². The first-order chi connectivity index (χ1) is 9.60. The molecule has 0 aromatic carbocycles. The van der Waals surface area contributed by atoms with Crippen molar-refractivity contribution in [3.63, 3.8) is 0 Å². The van der Waals surface area contributed by atoms with Gasteiger partial charge in [0, 0.05) is 24.4 Å². The van der Waals surface area contributed by atoms with E-state index in [1.807, 2.05) is 0 Å². The largest absolute Gasteiger partial charge is 0.416 e. The van der Waals surface area contributed by atoms with Crippen molar-refractivity contribution in [2.75, 3.05) is 0 Å². The quantitative estimate of drug-likeness (QED) is 0.837. The van der Waals surface area contributed by atoms with Gasteiger partial charge in [-0.05, 0) is 42.2 Å². The second-order valence-corrected chi connectivity index (χ2v) is 7.11. The number of hydrogen-bond donors (Lipinski definition) is 1. The molecule has 0 amide bonds. The Morgan fingerprint density at radius 3 is 2.43 bits per heavy atom. The van der Waals surface area contributed by atoms with Crippen molar-refractivity contribution < 1.29 is 13.2 Å². The average molecular weight is 300 g/mol.